The number of benzene rings is 4. The van der Waals surface area contributed by atoms with E-state index >= 15 is 0 Å². The first kappa shape index (κ1) is 19.3. The lowest BCUT2D eigenvalue weighted by atomic mass is 10.0. The second kappa shape index (κ2) is 7.61. The molecule has 0 atom stereocenters. The van der Waals surface area contributed by atoms with Crippen LogP contribution in [0.1, 0.15) is 11.1 Å². The topological polar surface area (TPSA) is 126 Å². The zero-order valence-corrected chi connectivity index (χ0v) is 17.1. The van der Waals surface area contributed by atoms with Crippen LogP contribution in [0, 0.1) is 0 Å². The molecule has 0 fully saturated rings. The summed E-state index contributed by atoms with van der Waals surface area (Å²) < 4.78 is 12.3. The van der Waals surface area contributed by atoms with E-state index in [1.807, 2.05) is 48.5 Å². The normalized spacial score (nSPS) is 13.5. The number of hydrazine groups is 1. The second-order valence-corrected chi connectivity index (χ2v) is 7.34. The molecule has 4 aromatic rings. The van der Waals surface area contributed by atoms with E-state index in [4.69, 9.17) is 40.9 Å². The van der Waals surface area contributed by atoms with Crippen molar-refractivity contribution in [2.75, 3.05) is 0 Å². The molecule has 2 aliphatic heterocycles. The Bertz CT molecular complexity index is 1450. The second-order valence-electron chi connectivity index (χ2n) is 7.34. The maximum Gasteiger partial charge on any atom is 0.227 e. The Morgan fingerprint density at radius 2 is 1.12 bits per heavy atom. The van der Waals surface area contributed by atoms with Crippen LogP contribution >= 0.6 is 0 Å². The average molecular weight is 439 g/mol. The molecule has 0 spiro atoms. The third kappa shape index (κ3) is 3.24. The van der Waals surface area contributed by atoms with E-state index in [9.17, 15) is 0 Å². The van der Waals surface area contributed by atoms with E-state index in [2.05, 4.69) is 5.59 Å². The molecule has 4 aromatic carbocycles. The van der Waals surface area contributed by atoms with E-state index < -0.39 is 0 Å². The van der Waals surface area contributed by atoms with Crippen molar-refractivity contribution >= 4 is 33.9 Å². The minimum absolute atomic E-state index is 0.487. The van der Waals surface area contributed by atoms with Gasteiger partial charge in [-0.3, -0.25) is 0 Å². The molecule has 0 bridgehead atoms. The Morgan fingerprint density at radius 1 is 0.636 bits per heavy atom. The Balaban J connectivity index is 1.41. The van der Waals surface area contributed by atoms with Gasteiger partial charge >= 0.3 is 0 Å². The van der Waals surface area contributed by atoms with Gasteiger partial charge in [0.05, 0.1) is 22.1 Å². The van der Waals surface area contributed by atoms with Crippen LogP contribution in [0.3, 0.4) is 0 Å². The van der Waals surface area contributed by atoms with E-state index in [-0.39, 0.29) is 0 Å². The van der Waals surface area contributed by atoms with Crippen LogP contribution in [0.5, 0.6) is 23.0 Å². The maximum atomic E-state index is 6.14. The number of nitrogens with zero attached hydrogens (tertiary/aromatic N) is 2. The first-order valence-corrected chi connectivity index (χ1v) is 10.1. The molecule has 0 saturated heterocycles. The molecule has 0 radical (unpaired) electrons. The molecule has 0 amide bonds. The van der Waals surface area contributed by atoms with Crippen LogP contribution in [-0.2, 0) is 0 Å². The van der Waals surface area contributed by atoms with Crippen molar-refractivity contribution in [1.29, 1.82) is 0 Å². The summed E-state index contributed by atoms with van der Waals surface area (Å²) in [4.78, 5) is 19.3. The molecule has 0 unspecified atom stereocenters. The quantitative estimate of drug-likeness (QED) is 0.319. The molecule has 0 aromatic heterocycles. The third-order valence-corrected chi connectivity index (χ3v) is 5.41. The molecule has 162 valence electrons. The summed E-state index contributed by atoms with van der Waals surface area (Å²) in [5.41, 5.74) is 5.33. The molecular formula is C24H17N5O4. The van der Waals surface area contributed by atoms with Gasteiger partial charge in [-0.15, -0.1) is 0 Å². The molecule has 6 rings (SSSR count). The SMILES string of the molecule is NNOc1ccc(C2=Nc3ccc4c5c(ccc(c35)O2)N=C(c2ccc(ON)cc2)O4)cc1. The predicted molar refractivity (Wildman–Crippen MR) is 123 cm³/mol. The monoisotopic (exact) mass is 439 g/mol. The Kier molecular flexibility index (Phi) is 4.44. The lowest BCUT2D eigenvalue weighted by Gasteiger charge is -2.23. The van der Waals surface area contributed by atoms with Crippen LogP contribution in [0.4, 0.5) is 11.4 Å². The summed E-state index contributed by atoms with van der Waals surface area (Å²) >= 11 is 0. The fourth-order valence-corrected chi connectivity index (χ4v) is 3.88. The van der Waals surface area contributed by atoms with Crippen LogP contribution in [-0.4, -0.2) is 11.8 Å². The molecule has 9 heteroatoms. The van der Waals surface area contributed by atoms with Gasteiger partial charge in [-0.05, 0) is 72.8 Å². The van der Waals surface area contributed by atoms with Crippen molar-refractivity contribution in [3.63, 3.8) is 0 Å². The number of hydrogen-bond acceptors (Lipinski definition) is 9. The molecule has 33 heavy (non-hydrogen) atoms. The fourth-order valence-electron chi connectivity index (χ4n) is 3.88. The summed E-state index contributed by atoms with van der Waals surface area (Å²) in [5.74, 6) is 13.9. The van der Waals surface area contributed by atoms with Gasteiger partial charge in [-0.1, -0.05) is 5.59 Å². The van der Waals surface area contributed by atoms with Gasteiger partial charge in [0.15, 0.2) is 0 Å². The van der Waals surface area contributed by atoms with Crippen LogP contribution in [0.25, 0.3) is 10.8 Å². The smallest absolute Gasteiger partial charge is 0.227 e. The molecule has 9 nitrogen and oxygen atoms in total. The maximum absolute atomic E-state index is 6.14. The van der Waals surface area contributed by atoms with Crippen LogP contribution in [0.15, 0.2) is 82.8 Å². The Labute approximate surface area is 187 Å². The standard InChI is InChI=1S/C24H17N5O4/c25-29-33-16-7-3-14(4-8-16)24-28-18-10-11-19-21-17(9-12-20(31-24)22(18)21)27-23(30-19)13-1-5-15(32-26)6-2-13/h1-12,29H,25-26H2. The van der Waals surface area contributed by atoms with E-state index in [0.717, 1.165) is 33.3 Å². The van der Waals surface area contributed by atoms with Gasteiger partial charge < -0.3 is 19.1 Å². The van der Waals surface area contributed by atoms with Crippen molar-refractivity contribution in [2.24, 2.45) is 21.7 Å². The first-order valence-electron chi connectivity index (χ1n) is 10.1. The number of nitrogens with one attached hydrogen (secondary N) is 1. The van der Waals surface area contributed by atoms with Crippen molar-refractivity contribution in [3.8, 4) is 23.0 Å². The van der Waals surface area contributed by atoms with Crippen molar-refractivity contribution < 1.29 is 19.1 Å². The van der Waals surface area contributed by atoms with Gasteiger partial charge in [0.2, 0.25) is 11.8 Å². The summed E-state index contributed by atoms with van der Waals surface area (Å²) in [5, 5.41) is 1.71. The van der Waals surface area contributed by atoms with Crippen molar-refractivity contribution in [2.45, 2.75) is 0 Å². The number of nitrogens with two attached hydrogens (primary N) is 2. The van der Waals surface area contributed by atoms with Gasteiger partial charge in [-0.25, -0.2) is 15.8 Å². The highest BCUT2D eigenvalue weighted by Crippen LogP contribution is 2.48. The number of rotatable bonds is 5. The first-order chi connectivity index (χ1) is 16.2. The Hall–Kier alpha value is -4.44. The molecule has 2 aliphatic rings. The van der Waals surface area contributed by atoms with E-state index in [1.54, 1.807) is 24.3 Å². The lowest BCUT2D eigenvalue weighted by Crippen LogP contribution is -2.25. The van der Waals surface area contributed by atoms with Crippen molar-refractivity contribution in [1.82, 2.24) is 5.59 Å². The summed E-state index contributed by atoms with van der Waals surface area (Å²) in [6, 6.07) is 22.1. The highest BCUT2D eigenvalue weighted by atomic mass is 16.7. The number of aliphatic imine (C=N–C) groups is 2. The summed E-state index contributed by atoms with van der Waals surface area (Å²) in [7, 11) is 0. The van der Waals surface area contributed by atoms with Gasteiger partial charge in [0.1, 0.15) is 23.0 Å². The summed E-state index contributed by atoms with van der Waals surface area (Å²) in [6.45, 7) is 0. The van der Waals surface area contributed by atoms with E-state index in [1.165, 1.54) is 0 Å². The van der Waals surface area contributed by atoms with Crippen molar-refractivity contribution in [3.05, 3.63) is 83.9 Å². The molecule has 0 aliphatic carbocycles. The van der Waals surface area contributed by atoms with Gasteiger partial charge in [-0.2, -0.15) is 5.90 Å². The highest BCUT2D eigenvalue weighted by molar-refractivity contribution is 6.16. The minimum atomic E-state index is 0.487. The molecule has 5 N–H and O–H groups in total. The Morgan fingerprint density at radius 3 is 1.58 bits per heavy atom. The van der Waals surface area contributed by atoms with Gasteiger partial charge in [0, 0.05) is 11.1 Å². The zero-order chi connectivity index (χ0) is 22.4. The molecular weight excluding hydrogens is 422 g/mol. The largest absolute Gasteiger partial charge is 0.438 e. The average Bonchev–Trinajstić information content (AvgIpc) is 2.87. The van der Waals surface area contributed by atoms with Gasteiger partial charge in [0.25, 0.3) is 0 Å². The molecule has 0 saturated carbocycles. The van der Waals surface area contributed by atoms with Crippen LogP contribution < -0.4 is 36.5 Å². The third-order valence-electron chi connectivity index (χ3n) is 5.41. The number of hydrogen-bond donors (Lipinski definition) is 3. The number of ether oxygens (including phenoxy) is 2. The van der Waals surface area contributed by atoms with E-state index in [0.29, 0.717) is 34.8 Å². The molecule has 2 heterocycles. The highest BCUT2D eigenvalue weighted by Gasteiger charge is 2.25. The van der Waals surface area contributed by atoms with Crippen LogP contribution in [0.2, 0.25) is 0 Å². The lowest BCUT2D eigenvalue weighted by molar-refractivity contribution is 0.199. The fraction of sp³-hybridized carbons (Fsp3) is 0. The zero-order valence-electron chi connectivity index (χ0n) is 17.1. The predicted octanol–water partition coefficient (Wildman–Crippen LogP) is 3.79. The minimum Gasteiger partial charge on any atom is -0.438 e. The summed E-state index contributed by atoms with van der Waals surface area (Å²) in [6.07, 6.45) is 0.